The fourth-order valence-corrected chi connectivity index (χ4v) is 4.09. The predicted octanol–water partition coefficient (Wildman–Crippen LogP) is 2.41. The van der Waals surface area contributed by atoms with Crippen molar-refractivity contribution in [3.05, 3.63) is 42.2 Å². The van der Waals surface area contributed by atoms with Crippen molar-refractivity contribution < 1.29 is 22.7 Å². The lowest BCUT2D eigenvalue weighted by molar-refractivity contribution is -0.116. The van der Waals surface area contributed by atoms with Gasteiger partial charge in [-0.1, -0.05) is 0 Å². The first-order chi connectivity index (χ1) is 14.7. The van der Waals surface area contributed by atoms with Gasteiger partial charge in [0, 0.05) is 40.1 Å². The van der Waals surface area contributed by atoms with E-state index in [0.717, 1.165) is 9.82 Å². The highest BCUT2D eigenvalue weighted by Gasteiger charge is 2.19. The summed E-state index contributed by atoms with van der Waals surface area (Å²) in [5.74, 6) is 1.63. The van der Waals surface area contributed by atoms with Crippen LogP contribution in [0.25, 0.3) is 11.0 Å². The number of carbonyl (C=O) groups is 1. The van der Waals surface area contributed by atoms with Crippen LogP contribution in [0.5, 0.6) is 11.5 Å². The molecule has 3 rings (SSSR count). The van der Waals surface area contributed by atoms with Crippen LogP contribution in [-0.2, 0) is 28.3 Å². The van der Waals surface area contributed by atoms with Gasteiger partial charge in [0.15, 0.2) is 0 Å². The Balaban J connectivity index is 1.75. The van der Waals surface area contributed by atoms with E-state index >= 15 is 0 Å². The molecular weight excluding hydrogens is 420 g/mol. The molecule has 10 heteroatoms. The third-order valence-electron chi connectivity index (χ3n) is 4.98. The Bertz CT molecular complexity index is 1220. The van der Waals surface area contributed by atoms with Crippen LogP contribution in [0.2, 0.25) is 0 Å². The van der Waals surface area contributed by atoms with Crippen LogP contribution in [0.1, 0.15) is 12.2 Å². The number of hydrogen-bond acceptors (Lipinski definition) is 6. The molecule has 0 unspecified atom stereocenters. The van der Waals surface area contributed by atoms with E-state index in [1.54, 1.807) is 43.5 Å². The predicted molar refractivity (Wildman–Crippen MR) is 118 cm³/mol. The van der Waals surface area contributed by atoms with E-state index in [9.17, 15) is 13.2 Å². The molecule has 31 heavy (non-hydrogen) atoms. The highest BCUT2D eigenvalue weighted by molar-refractivity contribution is 7.89. The van der Waals surface area contributed by atoms with Crippen LogP contribution in [0.15, 0.2) is 41.3 Å². The summed E-state index contributed by atoms with van der Waals surface area (Å²) in [6, 6.07) is 9.99. The molecule has 0 aliphatic heterocycles. The first-order valence-corrected chi connectivity index (χ1v) is 11.0. The van der Waals surface area contributed by atoms with Crippen LogP contribution in [0.3, 0.4) is 0 Å². The molecule has 0 aliphatic rings. The Morgan fingerprint density at radius 3 is 2.52 bits per heavy atom. The van der Waals surface area contributed by atoms with E-state index in [2.05, 4.69) is 10.3 Å². The van der Waals surface area contributed by atoms with Gasteiger partial charge in [0.05, 0.1) is 35.8 Å². The van der Waals surface area contributed by atoms with Gasteiger partial charge in [0.2, 0.25) is 15.9 Å². The summed E-state index contributed by atoms with van der Waals surface area (Å²) in [4.78, 5) is 17.2. The van der Waals surface area contributed by atoms with Crippen LogP contribution >= 0.6 is 0 Å². The molecule has 0 saturated carbocycles. The number of nitrogens with one attached hydrogen (secondary N) is 1. The monoisotopic (exact) mass is 446 g/mol. The molecular formula is C21H26N4O5S. The summed E-state index contributed by atoms with van der Waals surface area (Å²) in [6.45, 7) is 0. The summed E-state index contributed by atoms with van der Waals surface area (Å²) in [5.41, 5.74) is 1.92. The van der Waals surface area contributed by atoms with Crippen LogP contribution in [0, 0.1) is 0 Å². The molecule has 0 spiro atoms. The number of aryl methyl sites for hydroxylation is 2. The number of benzene rings is 2. The fraction of sp³-hybridized carbons (Fsp3) is 0.333. The van der Waals surface area contributed by atoms with Crippen molar-refractivity contribution in [1.29, 1.82) is 0 Å². The molecule has 1 aromatic heterocycles. The van der Waals surface area contributed by atoms with Crippen molar-refractivity contribution in [3.63, 3.8) is 0 Å². The zero-order valence-corrected chi connectivity index (χ0v) is 19.0. The maximum Gasteiger partial charge on any atom is 0.242 e. The second-order valence-corrected chi connectivity index (χ2v) is 9.29. The van der Waals surface area contributed by atoms with Gasteiger partial charge in [0.1, 0.15) is 17.3 Å². The molecule has 1 heterocycles. The molecule has 0 atom stereocenters. The van der Waals surface area contributed by atoms with E-state index in [4.69, 9.17) is 9.47 Å². The Morgan fingerprint density at radius 1 is 1.13 bits per heavy atom. The summed E-state index contributed by atoms with van der Waals surface area (Å²) >= 11 is 0. The highest BCUT2D eigenvalue weighted by Crippen LogP contribution is 2.29. The summed E-state index contributed by atoms with van der Waals surface area (Å²) < 4.78 is 38.2. The van der Waals surface area contributed by atoms with E-state index in [1.807, 2.05) is 11.6 Å². The molecule has 166 valence electrons. The van der Waals surface area contributed by atoms with E-state index in [0.29, 0.717) is 34.9 Å². The minimum atomic E-state index is -3.54. The molecule has 1 N–H and O–H groups in total. The Kier molecular flexibility index (Phi) is 6.51. The fourth-order valence-electron chi connectivity index (χ4n) is 3.16. The molecule has 3 aromatic rings. The Morgan fingerprint density at radius 2 is 1.87 bits per heavy atom. The van der Waals surface area contributed by atoms with E-state index < -0.39 is 10.0 Å². The minimum absolute atomic E-state index is 0.180. The lowest BCUT2D eigenvalue weighted by atomic mass is 10.2. The average molecular weight is 447 g/mol. The third-order valence-corrected chi connectivity index (χ3v) is 6.79. The maximum absolute atomic E-state index is 12.5. The molecule has 2 aromatic carbocycles. The topological polar surface area (TPSA) is 103 Å². The highest BCUT2D eigenvalue weighted by atomic mass is 32.2. The molecule has 9 nitrogen and oxygen atoms in total. The van der Waals surface area contributed by atoms with Crippen molar-refractivity contribution in [2.24, 2.45) is 7.05 Å². The first kappa shape index (κ1) is 22.6. The number of methoxy groups -OCH3 is 2. The van der Waals surface area contributed by atoms with Gasteiger partial charge in [-0.25, -0.2) is 17.7 Å². The minimum Gasteiger partial charge on any atom is -0.497 e. The number of nitrogens with zero attached hydrogens (tertiary/aromatic N) is 3. The maximum atomic E-state index is 12.5. The summed E-state index contributed by atoms with van der Waals surface area (Å²) in [6.07, 6.45) is 0.598. The van der Waals surface area contributed by atoms with Gasteiger partial charge >= 0.3 is 0 Å². The molecule has 1 amide bonds. The summed E-state index contributed by atoms with van der Waals surface area (Å²) in [7, 11) is 4.35. The molecule has 0 fully saturated rings. The van der Waals surface area contributed by atoms with Gasteiger partial charge < -0.3 is 19.4 Å². The lowest BCUT2D eigenvalue weighted by Gasteiger charge is -2.11. The number of carbonyl (C=O) groups excluding carboxylic acids is 1. The normalized spacial score (nSPS) is 11.7. The van der Waals surface area contributed by atoms with Gasteiger partial charge in [-0.05, 0) is 30.3 Å². The Hall–Kier alpha value is -3.11. The van der Waals surface area contributed by atoms with Gasteiger partial charge in [-0.2, -0.15) is 0 Å². The second-order valence-electron chi connectivity index (χ2n) is 7.14. The van der Waals surface area contributed by atoms with Crippen molar-refractivity contribution in [2.75, 3.05) is 33.6 Å². The number of aromatic nitrogens is 2. The Labute approximate surface area is 181 Å². The number of fused-ring (bicyclic) bond motifs is 1. The molecule has 0 saturated heterocycles. The number of amides is 1. The van der Waals surface area contributed by atoms with Crippen LogP contribution in [-0.4, -0.2) is 56.5 Å². The third kappa shape index (κ3) is 4.64. The van der Waals surface area contributed by atoms with E-state index in [1.165, 1.54) is 21.2 Å². The largest absolute Gasteiger partial charge is 0.497 e. The number of imidazole rings is 1. The van der Waals surface area contributed by atoms with Crippen molar-refractivity contribution in [1.82, 2.24) is 13.9 Å². The number of ether oxygens (including phenoxy) is 2. The van der Waals surface area contributed by atoms with Gasteiger partial charge in [-0.3, -0.25) is 4.79 Å². The smallest absolute Gasteiger partial charge is 0.242 e. The van der Waals surface area contributed by atoms with Crippen LogP contribution < -0.4 is 14.8 Å². The zero-order valence-electron chi connectivity index (χ0n) is 18.2. The van der Waals surface area contributed by atoms with Crippen LogP contribution in [0.4, 0.5) is 5.69 Å². The second kappa shape index (κ2) is 8.94. The first-order valence-electron chi connectivity index (χ1n) is 9.57. The zero-order chi connectivity index (χ0) is 22.8. The average Bonchev–Trinajstić information content (AvgIpc) is 3.07. The lowest BCUT2D eigenvalue weighted by Crippen LogP contribution is -2.22. The molecule has 0 radical (unpaired) electrons. The molecule has 0 aliphatic carbocycles. The van der Waals surface area contributed by atoms with Gasteiger partial charge in [-0.15, -0.1) is 0 Å². The number of anilines is 1. The van der Waals surface area contributed by atoms with Crippen molar-refractivity contribution in [3.8, 4) is 11.5 Å². The number of hydrogen-bond donors (Lipinski definition) is 1. The van der Waals surface area contributed by atoms with E-state index in [-0.39, 0.29) is 17.2 Å². The number of sulfonamides is 1. The molecule has 0 bridgehead atoms. The van der Waals surface area contributed by atoms with Gasteiger partial charge in [0.25, 0.3) is 0 Å². The number of rotatable bonds is 8. The van der Waals surface area contributed by atoms with Crippen molar-refractivity contribution in [2.45, 2.75) is 17.7 Å². The SMILES string of the molecule is COc1ccc(NC(=O)CCc2nc3cc(S(=O)(=O)N(C)C)ccc3n2C)c(OC)c1. The standard InChI is InChI=1S/C21H26N4O5S/c1-24(2)31(27,28)15-7-9-18-17(13-15)22-20(25(18)3)10-11-21(26)23-16-8-6-14(29-4)12-19(16)30-5/h6-9,12-13H,10-11H2,1-5H3,(H,23,26). The van der Waals surface area contributed by atoms with Crippen molar-refractivity contribution >= 4 is 32.7 Å². The summed E-state index contributed by atoms with van der Waals surface area (Å²) in [5, 5.41) is 2.84. The quantitative estimate of drug-likeness (QED) is 0.570.